The van der Waals surface area contributed by atoms with Crippen LogP contribution in [-0.4, -0.2) is 27.0 Å². The first-order chi connectivity index (χ1) is 10.8. The van der Waals surface area contributed by atoms with Crippen molar-refractivity contribution in [1.82, 2.24) is 0 Å². The zero-order valence-electron chi connectivity index (χ0n) is 11.3. The second-order valence-electron chi connectivity index (χ2n) is 4.41. The van der Waals surface area contributed by atoms with Gasteiger partial charge in [-0.25, -0.2) is 4.79 Å². The van der Waals surface area contributed by atoms with Crippen molar-refractivity contribution in [3.05, 3.63) is 62.7 Å². The lowest BCUT2D eigenvalue weighted by Crippen LogP contribution is -2.13. The number of halogens is 1. The Morgan fingerprint density at radius 3 is 2.39 bits per heavy atom. The summed E-state index contributed by atoms with van der Waals surface area (Å²) in [5, 5.41) is 31.5. The molecule has 8 nitrogen and oxygen atoms in total. The topological polar surface area (TPSA) is 130 Å². The van der Waals surface area contributed by atoms with E-state index in [1.54, 1.807) is 0 Å². The van der Waals surface area contributed by atoms with Crippen molar-refractivity contribution in [3.8, 4) is 5.75 Å². The minimum absolute atomic E-state index is 0.0683. The van der Waals surface area contributed by atoms with Crippen LogP contribution >= 0.6 is 11.6 Å². The molecule has 0 spiro atoms. The molecule has 23 heavy (non-hydrogen) atoms. The summed E-state index contributed by atoms with van der Waals surface area (Å²) in [6, 6.07) is 6.80. The SMILES string of the molecule is O=C(O)c1ccc(O)c(NC(=O)c2ccc(Cl)c([N+](=O)[O-])c2)c1. The Kier molecular flexibility index (Phi) is 4.47. The number of anilines is 1. The summed E-state index contributed by atoms with van der Waals surface area (Å²) in [7, 11) is 0. The monoisotopic (exact) mass is 336 g/mol. The average molecular weight is 337 g/mol. The number of nitro benzene ring substituents is 1. The third kappa shape index (κ3) is 3.55. The second kappa shape index (κ2) is 6.32. The Bertz CT molecular complexity index is 821. The van der Waals surface area contributed by atoms with Gasteiger partial charge >= 0.3 is 5.97 Å². The van der Waals surface area contributed by atoms with Crippen molar-refractivity contribution in [2.45, 2.75) is 0 Å². The summed E-state index contributed by atoms with van der Waals surface area (Å²) < 4.78 is 0. The predicted molar refractivity (Wildman–Crippen MR) is 81.1 cm³/mol. The fourth-order valence-corrected chi connectivity index (χ4v) is 1.94. The maximum atomic E-state index is 12.1. The van der Waals surface area contributed by atoms with Crippen molar-refractivity contribution in [3.63, 3.8) is 0 Å². The highest BCUT2D eigenvalue weighted by molar-refractivity contribution is 6.32. The summed E-state index contributed by atoms with van der Waals surface area (Å²) >= 11 is 5.66. The molecular weight excluding hydrogens is 328 g/mol. The molecule has 0 aliphatic heterocycles. The molecule has 9 heteroatoms. The molecule has 0 saturated carbocycles. The van der Waals surface area contributed by atoms with Crippen LogP contribution in [-0.2, 0) is 0 Å². The van der Waals surface area contributed by atoms with E-state index in [1.807, 2.05) is 0 Å². The number of phenols is 1. The largest absolute Gasteiger partial charge is 0.506 e. The first-order valence-corrected chi connectivity index (χ1v) is 6.49. The number of carbonyl (C=O) groups excluding carboxylic acids is 1. The zero-order valence-corrected chi connectivity index (χ0v) is 12.1. The molecule has 0 unspecified atom stereocenters. The van der Waals surface area contributed by atoms with Gasteiger partial charge in [-0.1, -0.05) is 11.6 Å². The van der Waals surface area contributed by atoms with E-state index in [9.17, 15) is 24.8 Å². The predicted octanol–water partition coefficient (Wildman–Crippen LogP) is 2.90. The van der Waals surface area contributed by atoms with Gasteiger partial charge in [0.2, 0.25) is 0 Å². The third-order valence-corrected chi connectivity index (χ3v) is 3.22. The number of amides is 1. The fourth-order valence-electron chi connectivity index (χ4n) is 1.76. The second-order valence-corrected chi connectivity index (χ2v) is 4.82. The quantitative estimate of drug-likeness (QED) is 0.447. The van der Waals surface area contributed by atoms with Gasteiger partial charge < -0.3 is 15.5 Å². The number of nitro groups is 1. The normalized spacial score (nSPS) is 10.1. The zero-order chi connectivity index (χ0) is 17.1. The first kappa shape index (κ1) is 16.2. The van der Waals surface area contributed by atoms with E-state index in [0.717, 1.165) is 18.2 Å². The molecule has 0 saturated heterocycles. The molecule has 0 radical (unpaired) electrons. The number of phenolic OH excluding ortho intramolecular Hbond substituents is 1. The molecule has 0 bridgehead atoms. The molecule has 2 aromatic rings. The van der Waals surface area contributed by atoms with Crippen molar-refractivity contribution in [2.24, 2.45) is 0 Å². The molecule has 0 aromatic heterocycles. The highest BCUT2D eigenvalue weighted by atomic mass is 35.5. The number of carboxylic acids is 1. The van der Waals surface area contributed by atoms with Crippen molar-refractivity contribution < 1.29 is 24.7 Å². The molecule has 2 aromatic carbocycles. The molecule has 118 valence electrons. The van der Waals surface area contributed by atoms with Gasteiger partial charge in [0.25, 0.3) is 11.6 Å². The van der Waals surface area contributed by atoms with Crippen LogP contribution in [0.5, 0.6) is 5.75 Å². The molecule has 0 aliphatic rings. The van der Waals surface area contributed by atoms with E-state index in [0.29, 0.717) is 0 Å². The van der Waals surface area contributed by atoms with Gasteiger partial charge in [-0.3, -0.25) is 14.9 Å². The number of carboxylic acid groups (broad SMARTS) is 1. The van der Waals surface area contributed by atoms with Crippen LogP contribution in [0.1, 0.15) is 20.7 Å². The molecule has 0 heterocycles. The van der Waals surface area contributed by atoms with Crippen molar-refractivity contribution in [2.75, 3.05) is 5.32 Å². The Labute approximate surface area is 134 Å². The lowest BCUT2D eigenvalue weighted by atomic mass is 10.1. The number of nitrogens with one attached hydrogen (secondary N) is 1. The standard InChI is InChI=1S/C14H9ClN2O6/c15-9-3-1-7(6-11(9)17(22)23)13(19)16-10-5-8(14(20)21)2-4-12(10)18/h1-6,18H,(H,16,19)(H,20,21). The fraction of sp³-hybridized carbons (Fsp3) is 0. The summed E-state index contributed by atoms with van der Waals surface area (Å²) in [5.41, 5.74) is -0.781. The van der Waals surface area contributed by atoms with Gasteiger partial charge in [-0.15, -0.1) is 0 Å². The number of hydrogen-bond acceptors (Lipinski definition) is 5. The smallest absolute Gasteiger partial charge is 0.335 e. The Balaban J connectivity index is 2.33. The van der Waals surface area contributed by atoms with E-state index >= 15 is 0 Å². The number of hydrogen-bond donors (Lipinski definition) is 3. The molecule has 0 atom stereocenters. The highest BCUT2D eigenvalue weighted by Crippen LogP contribution is 2.27. The molecular formula is C14H9ClN2O6. The van der Waals surface area contributed by atoms with Crippen LogP contribution in [0.15, 0.2) is 36.4 Å². The van der Waals surface area contributed by atoms with Crippen LogP contribution in [0.4, 0.5) is 11.4 Å². The maximum absolute atomic E-state index is 12.1. The summed E-state index contributed by atoms with van der Waals surface area (Å²) in [6.45, 7) is 0. The summed E-state index contributed by atoms with van der Waals surface area (Å²) in [5.74, 6) is -2.34. The van der Waals surface area contributed by atoms with E-state index < -0.39 is 22.5 Å². The Morgan fingerprint density at radius 2 is 1.78 bits per heavy atom. The van der Waals surface area contributed by atoms with Gasteiger partial charge in [0.05, 0.1) is 16.2 Å². The number of carbonyl (C=O) groups is 2. The van der Waals surface area contributed by atoms with Gasteiger partial charge in [0, 0.05) is 11.6 Å². The van der Waals surface area contributed by atoms with Crippen molar-refractivity contribution in [1.29, 1.82) is 0 Å². The van der Waals surface area contributed by atoms with E-state index in [-0.39, 0.29) is 27.6 Å². The number of benzene rings is 2. The van der Waals surface area contributed by atoms with E-state index in [4.69, 9.17) is 16.7 Å². The van der Waals surface area contributed by atoms with Gasteiger partial charge in [-0.2, -0.15) is 0 Å². The van der Waals surface area contributed by atoms with Crippen LogP contribution in [0.25, 0.3) is 0 Å². The van der Waals surface area contributed by atoms with E-state index in [2.05, 4.69) is 5.32 Å². The number of aromatic hydroxyl groups is 1. The first-order valence-electron chi connectivity index (χ1n) is 6.11. The van der Waals surface area contributed by atoms with E-state index in [1.165, 1.54) is 18.2 Å². The molecule has 1 amide bonds. The van der Waals surface area contributed by atoms with Gasteiger partial charge in [-0.05, 0) is 30.3 Å². The number of rotatable bonds is 4. The molecule has 0 fully saturated rings. The van der Waals surface area contributed by atoms with Crippen LogP contribution in [0.3, 0.4) is 0 Å². The average Bonchev–Trinajstić information content (AvgIpc) is 2.49. The van der Waals surface area contributed by atoms with Crippen molar-refractivity contribution >= 4 is 34.9 Å². The third-order valence-electron chi connectivity index (χ3n) is 2.90. The van der Waals surface area contributed by atoms with Crippen LogP contribution in [0, 0.1) is 10.1 Å². The highest BCUT2D eigenvalue weighted by Gasteiger charge is 2.17. The van der Waals surface area contributed by atoms with Crippen LogP contribution < -0.4 is 5.32 Å². The number of nitrogens with zero attached hydrogens (tertiary/aromatic N) is 1. The lowest BCUT2D eigenvalue weighted by Gasteiger charge is -2.08. The Hall–Kier alpha value is -3.13. The van der Waals surface area contributed by atoms with Crippen LogP contribution in [0.2, 0.25) is 5.02 Å². The minimum atomic E-state index is -1.23. The van der Waals surface area contributed by atoms with Gasteiger partial charge in [0.15, 0.2) is 0 Å². The van der Waals surface area contributed by atoms with Gasteiger partial charge in [0.1, 0.15) is 10.8 Å². The molecule has 3 N–H and O–H groups in total. The number of aromatic carboxylic acids is 1. The molecule has 0 aliphatic carbocycles. The summed E-state index contributed by atoms with van der Waals surface area (Å²) in [6.07, 6.45) is 0. The Morgan fingerprint density at radius 1 is 1.13 bits per heavy atom. The summed E-state index contributed by atoms with van der Waals surface area (Å²) in [4.78, 5) is 33.1. The minimum Gasteiger partial charge on any atom is -0.506 e. The maximum Gasteiger partial charge on any atom is 0.335 e. The lowest BCUT2D eigenvalue weighted by molar-refractivity contribution is -0.384. The molecule has 2 rings (SSSR count).